The molecule has 0 aromatic heterocycles. The summed E-state index contributed by atoms with van der Waals surface area (Å²) in [5.41, 5.74) is 0.147. The molecule has 1 unspecified atom stereocenters. The minimum Gasteiger partial charge on any atom is -0.396 e. The van der Waals surface area contributed by atoms with Gasteiger partial charge in [0, 0.05) is 31.3 Å². The van der Waals surface area contributed by atoms with E-state index in [1.807, 2.05) is 20.8 Å². The maximum absolute atomic E-state index is 14.1. The second-order valence-corrected chi connectivity index (χ2v) is 7.29. The number of nitrogens with one attached hydrogen (secondary N) is 1. The van der Waals surface area contributed by atoms with Gasteiger partial charge in [0.05, 0.1) is 6.04 Å². The summed E-state index contributed by atoms with van der Waals surface area (Å²) < 4.78 is 27.2. The number of carbonyl (C=O) groups excluding carboxylic acids is 1. The Morgan fingerprint density at radius 1 is 1.33 bits per heavy atom. The summed E-state index contributed by atoms with van der Waals surface area (Å²) in [6.07, 6.45) is 1.46. The SMILES string of the molecule is CC(C)C(NC(=O)N1CCC(C)(CO)CC1)c1ccc(F)cc1F. The van der Waals surface area contributed by atoms with Crippen molar-refractivity contribution in [1.29, 1.82) is 0 Å². The van der Waals surface area contributed by atoms with Crippen LogP contribution in [0.15, 0.2) is 18.2 Å². The third-order valence-corrected chi connectivity index (χ3v) is 4.88. The molecule has 1 aliphatic heterocycles. The number of halogens is 2. The minimum atomic E-state index is -0.652. The first kappa shape index (κ1) is 18.6. The molecule has 2 rings (SSSR count). The first-order valence-electron chi connectivity index (χ1n) is 8.37. The highest BCUT2D eigenvalue weighted by Gasteiger charge is 2.32. The number of rotatable bonds is 4. The van der Waals surface area contributed by atoms with Gasteiger partial charge in [0.15, 0.2) is 0 Å². The number of piperidine rings is 1. The van der Waals surface area contributed by atoms with E-state index in [1.54, 1.807) is 4.90 Å². The fourth-order valence-corrected chi connectivity index (χ4v) is 2.99. The lowest BCUT2D eigenvalue weighted by atomic mass is 9.81. The predicted octanol–water partition coefficient (Wildman–Crippen LogP) is 3.47. The van der Waals surface area contributed by atoms with Crippen molar-refractivity contribution in [3.05, 3.63) is 35.4 Å². The Balaban J connectivity index is 2.07. The largest absolute Gasteiger partial charge is 0.396 e. The Bertz CT molecular complexity index is 584. The highest BCUT2D eigenvalue weighted by Crippen LogP contribution is 2.31. The lowest BCUT2D eigenvalue weighted by Crippen LogP contribution is -2.49. The molecule has 0 bridgehead atoms. The summed E-state index contributed by atoms with van der Waals surface area (Å²) in [6.45, 7) is 6.99. The molecule has 2 amide bonds. The van der Waals surface area contributed by atoms with E-state index in [4.69, 9.17) is 0 Å². The van der Waals surface area contributed by atoms with E-state index in [1.165, 1.54) is 12.1 Å². The lowest BCUT2D eigenvalue weighted by Gasteiger charge is -2.39. The molecule has 0 aliphatic carbocycles. The van der Waals surface area contributed by atoms with Gasteiger partial charge in [-0.1, -0.05) is 26.8 Å². The van der Waals surface area contributed by atoms with Crippen LogP contribution in [0.25, 0.3) is 0 Å². The highest BCUT2D eigenvalue weighted by atomic mass is 19.1. The monoisotopic (exact) mass is 340 g/mol. The zero-order valence-electron chi connectivity index (χ0n) is 14.5. The second-order valence-electron chi connectivity index (χ2n) is 7.29. The van der Waals surface area contributed by atoms with Gasteiger partial charge in [0.1, 0.15) is 11.6 Å². The van der Waals surface area contributed by atoms with Crippen LogP contribution in [0, 0.1) is 23.0 Å². The molecule has 2 N–H and O–H groups in total. The smallest absolute Gasteiger partial charge is 0.317 e. The van der Waals surface area contributed by atoms with Gasteiger partial charge in [-0.3, -0.25) is 0 Å². The molecule has 0 radical (unpaired) electrons. The Kier molecular flexibility index (Phi) is 5.80. The molecule has 1 fully saturated rings. The average molecular weight is 340 g/mol. The summed E-state index contributed by atoms with van der Waals surface area (Å²) in [5.74, 6) is -1.33. The third-order valence-electron chi connectivity index (χ3n) is 4.88. The van der Waals surface area contributed by atoms with E-state index in [0.29, 0.717) is 13.1 Å². The van der Waals surface area contributed by atoms with Gasteiger partial charge in [-0.2, -0.15) is 0 Å². The van der Waals surface area contributed by atoms with Crippen molar-refractivity contribution in [3.8, 4) is 0 Å². The van der Waals surface area contributed by atoms with Crippen molar-refractivity contribution in [1.82, 2.24) is 10.2 Å². The normalized spacial score (nSPS) is 18.5. The number of likely N-dealkylation sites (tertiary alicyclic amines) is 1. The van der Waals surface area contributed by atoms with Crippen molar-refractivity contribution in [2.45, 2.75) is 39.7 Å². The maximum Gasteiger partial charge on any atom is 0.317 e. The van der Waals surface area contributed by atoms with Crippen molar-refractivity contribution >= 4 is 6.03 Å². The van der Waals surface area contributed by atoms with Gasteiger partial charge < -0.3 is 15.3 Å². The molecule has 1 aromatic rings. The molecule has 134 valence electrons. The van der Waals surface area contributed by atoms with E-state index in [0.717, 1.165) is 18.9 Å². The van der Waals surface area contributed by atoms with Crippen molar-refractivity contribution in [3.63, 3.8) is 0 Å². The van der Waals surface area contributed by atoms with Crippen LogP contribution in [0.2, 0.25) is 0 Å². The van der Waals surface area contributed by atoms with Crippen LogP contribution in [0.5, 0.6) is 0 Å². The summed E-state index contributed by atoms with van der Waals surface area (Å²) >= 11 is 0. The Morgan fingerprint density at radius 2 is 1.96 bits per heavy atom. The van der Waals surface area contributed by atoms with Crippen molar-refractivity contribution in [2.75, 3.05) is 19.7 Å². The Morgan fingerprint density at radius 3 is 2.46 bits per heavy atom. The second kappa shape index (κ2) is 7.47. The van der Waals surface area contributed by atoms with Crippen molar-refractivity contribution in [2.24, 2.45) is 11.3 Å². The quantitative estimate of drug-likeness (QED) is 0.882. The van der Waals surface area contributed by atoms with Crippen LogP contribution in [-0.2, 0) is 0 Å². The van der Waals surface area contributed by atoms with Gasteiger partial charge in [-0.15, -0.1) is 0 Å². The zero-order chi connectivity index (χ0) is 17.9. The highest BCUT2D eigenvalue weighted by molar-refractivity contribution is 5.75. The average Bonchev–Trinajstić information content (AvgIpc) is 2.53. The number of hydrogen-bond acceptors (Lipinski definition) is 2. The Hall–Kier alpha value is -1.69. The molecule has 0 spiro atoms. The molecule has 6 heteroatoms. The van der Waals surface area contributed by atoms with Gasteiger partial charge in [-0.25, -0.2) is 13.6 Å². The van der Waals surface area contributed by atoms with E-state index < -0.39 is 17.7 Å². The molecular formula is C18H26F2N2O2. The zero-order valence-corrected chi connectivity index (χ0v) is 14.5. The van der Waals surface area contributed by atoms with Crippen LogP contribution in [0.4, 0.5) is 13.6 Å². The minimum absolute atomic E-state index is 0.0404. The number of benzene rings is 1. The fourth-order valence-electron chi connectivity index (χ4n) is 2.99. The summed E-state index contributed by atoms with van der Waals surface area (Å²) in [4.78, 5) is 14.2. The molecule has 1 saturated heterocycles. The molecule has 1 heterocycles. The standard InChI is InChI=1S/C18H26F2N2O2/c1-12(2)16(14-5-4-13(19)10-15(14)20)21-17(24)22-8-6-18(3,11-23)7-9-22/h4-5,10,12,16,23H,6-9,11H2,1-3H3,(H,21,24). The number of urea groups is 1. The number of nitrogens with zero attached hydrogens (tertiary/aromatic N) is 1. The van der Waals surface area contributed by atoms with Gasteiger partial charge >= 0.3 is 6.03 Å². The lowest BCUT2D eigenvalue weighted by molar-refractivity contribution is 0.0689. The van der Waals surface area contributed by atoms with Crippen molar-refractivity contribution < 1.29 is 18.7 Å². The Labute approximate surface area is 141 Å². The van der Waals surface area contributed by atoms with Crippen LogP contribution in [0.1, 0.15) is 45.2 Å². The molecular weight excluding hydrogens is 314 g/mol. The number of carbonyl (C=O) groups is 1. The van der Waals surface area contributed by atoms with Gasteiger partial charge in [0.2, 0.25) is 0 Å². The summed E-state index contributed by atoms with van der Waals surface area (Å²) in [6, 6.07) is 2.65. The molecule has 4 nitrogen and oxygen atoms in total. The number of aliphatic hydroxyl groups excluding tert-OH is 1. The molecule has 1 atom stereocenters. The van der Waals surface area contributed by atoms with Crippen LogP contribution >= 0.6 is 0 Å². The number of aliphatic hydroxyl groups is 1. The van der Waals surface area contributed by atoms with Crippen LogP contribution in [-0.4, -0.2) is 35.7 Å². The molecule has 1 aliphatic rings. The first-order chi connectivity index (χ1) is 11.3. The van der Waals surface area contributed by atoms with Gasteiger partial charge in [0.25, 0.3) is 0 Å². The number of amides is 2. The van der Waals surface area contributed by atoms with E-state index >= 15 is 0 Å². The first-order valence-corrected chi connectivity index (χ1v) is 8.37. The van der Waals surface area contributed by atoms with Crippen LogP contribution in [0.3, 0.4) is 0 Å². The summed E-state index contributed by atoms with van der Waals surface area (Å²) in [7, 11) is 0. The maximum atomic E-state index is 14.1. The van der Waals surface area contributed by atoms with E-state index in [2.05, 4.69) is 5.32 Å². The van der Waals surface area contributed by atoms with E-state index in [9.17, 15) is 18.7 Å². The topological polar surface area (TPSA) is 52.6 Å². The van der Waals surface area contributed by atoms with E-state index in [-0.39, 0.29) is 29.5 Å². The fraction of sp³-hybridized carbons (Fsp3) is 0.611. The van der Waals surface area contributed by atoms with Crippen LogP contribution < -0.4 is 5.32 Å². The number of hydrogen-bond donors (Lipinski definition) is 2. The van der Waals surface area contributed by atoms with Gasteiger partial charge in [-0.05, 0) is 30.2 Å². The predicted molar refractivity (Wildman–Crippen MR) is 88.5 cm³/mol. The molecule has 24 heavy (non-hydrogen) atoms. The molecule has 0 saturated carbocycles. The molecule has 1 aromatic carbocycles. The summed E-state index contributed by atoms with van der Waals surface area (Å²) in [5, 5.41) is 12.3. The third kappa shape index (κ3) is 4.23.